The Kier molecular flexibility index (Phi) is 3.88. The van der Waals surface area contributed by atoms with Crippen LogP contribution < -0.4 is 16.0 Å². The fraction of sp³-hybridized carbons (Fsp3) is 0.125. The van der Waals surface area contributed by atoms with Crippen molar-refractivity contribution in [1.29, 1.82) is 0 Å². The standard InChI is InChI=1S/C8H3F7N2O2/c9-1-2(10)4(12)6(5(13)3(1)11)19-8(14,15)7(18)17-16/h16H2,(H,17,18). The Balaban J connectivity index is 3.34. The van der Waals surface area contributed by atoms with E-state index in [2.05, 4.69) is 10.6 Å². The topological polar surface area (TPSA) is 64.3 Å². The molecule has 1 amide bonds. The van der Waals surface area contributed by atoms with E-state index in [-0.39, 0.29) is 0 Å². The van der Waals surface area contributed by atoms with Gasteiger partial charge in [-0.3, -0.25) is 10.2 Å². The number of hydrogen-bond donors (Lipinski definition) is 2. The summed E-state index contributed by atoms with van der Waals surface area (Å²) < 4.78 is 92.7. The molecule has 0 saturated carbocycles. The molecule has 0 fully saturated rings. The van der Waals surface area contributed by atoms with Crippen LogP contribution in [0.15, 0.2) is 0 Å². The van der Waals surface area contributed by atoms with Gasteiger partial charge < -0.3 is 4.74 Å². The zero-order valence-corrected chi connectivity index (χ0v) is 8.54. The highest BCUT2D eigenvalue weighted by molar-refractivity contribution is 5.81. The molecule has 1 aromatic carbocycles. The van der Waals surface area contributed by atoms with Crippen molar-refractivity contribution in [3.8, 4) is 5.75 Å². The lowest BCUT2D eigenvalue weighted by molar-refractivity contribution is -0.194. The number of benzene rings is 1. The quantitative estimate of drug-likeness (QED) is 0.221. The van der Waals surface area contributed by atoms with E-state index < -0.39 is 46.9 Å². The van der Waals surface area contributed by atoms with Crippen molar-refractivity contribution in [2.24, 2.45) is 5.84 Å². The third-order valence-corrected chi connectivity index (χ3v) is 1.80. The molecule has 0 saturated heterocycles. The summed E-state index contributed by atoms with van der Waals surface area (Å²) in [7, 11) is 0. The van der Waals surface area contributed by atoms with Crippen LogP contribution in [0.2, 0.25) is 0 Å². The average Bonchev–Trinajstić information content (AvgIpc) is 2.38. The lowest BCUT2D eigenvalue weighted by Gasteiger charge is -2.17. The summed E-state index contributed by atoms with van der Waals surface area (Å²) in [6.07, 6.45) is -4.94. The molecule has 11 heteroatoms. The van der Waals surface area contributed by atoms with Gasteiger partial charge in [-0.05, 0) is 0 Å². The third-order valence-electron chi connectivity index (χ3n) is 1.80. The molecule has 0 radical (unpaired) electrons. The number of carbonyl (C=O) groups is 1. The second kappa shape index (κ2) is 4.91. The summed E-state index contributed by atoms with van der Waals surface area (Å²) in [4.78, 5) is 10.5. The largest absolute Gasteiger partial charge is 0.483 e. The van der Waals surface area contributed by atoms with E-state index in [0.717, 1.165) is 5.43 Å². The smallest absolute Gasteiger partial charge is 0.419 e. The van der Waals surface area contributed by atoms with E-state index in [1.807, 2.05) is 0 Å². The molecule has 19 heavy (non-hydrogen) atoms. The number of nitrogens with one attached hydrogen (secondary N) is 1. The highest BCUT2D eigenvalue weighted by Crippen LogP contribution is 2.32. The summed E-state index contributed by atoms with van der Waals surface area (Å²) >= 11 is 0. The molecular formula is C8H3F7N2O2. The molecule has 0 aliphatic heterocycles. The van der Waals surface area contributed by atoms with Gasteiger partial charge in [0.1, 0.15) is 0 Å². The number of alkyl halides is 2. The Labute approximate surface area is 99.5 Å². The van der Waals surface area contributed by atoms with Crippen LogP contribution >= 0.6 is 0 Å². The molecule has 0 atom stereocenters. The lowest BCUT2D eigenvalue weighted by Crippen LogP contribution is -2.47. The molecule has 1 rings (SSSR count). The average molecular weight is 292 g/mol. The molecule has 0 aliphatic rings. The Morgan fingerprint density at radius 1 is 0.947 bits per heavy atom. The third kappa shape index (κ3) is 2.54. The van der Waals surface area contributed by atoms with Crippen molar-refractivity contribution < 1.29 is 40.3 Å². The zero-order chi connectivity index (χ0) is 15.0. The number of hydrogen-bond acceptors (Lipinski definition) is 3. The number of ether oxygens (including phenoxy) is 1. The zero-order valence-electron chi connectivity index (χ0n) is 8.54. The number of carbonyl (C=O) groups excluding carboxylic acids is 1. The van der Waals surface area contributed by atoms with Crippen molar-refractivity contribution >= 4 is 5.91 Å². The van der Waals surface area contributed by atoms with Gasteiger partial charge >= 0.3 is 12.0 Å². The van der Waals surface area contributed by atoms with Crippen molar-refractivity contribution in [2.75, 3.05) is 0 Å². The first kappa shape index (κ1) is 15.0. The van der Waals surface area contributed by atoms with Gasteiger partial charge in [0.05, 0.1) is 0 Å². The highest BCUT2D eigenvalue weighted by atomic mass is 19.3. The van der Waals surface area contributed by atoms with E-state index >= 15 is 0 Å². The summed E-state index contributed by atoms with van der Waals surface area (Å²) in [6.45, 7) is 0. The van der Waals surface area contributed by atoms with Crippen molar-refractivity contribution in [3.05, 3.63) is 29.1 Å². The Bertz CT molecular complexity index is 505. The van der Waals surface area contributed by atoms with E-state index in [1.54, 1.807) is 0 Å². The predicted octanol–water partition coefficient (Wildman–Crippen LogP) is 1.34. The molecule has 1 aromatic rings. The first-order valence-electron chi connectivity index (χ1n) is 4.22. The second-order valence-corrected chi connectivity index (χ2v) is 2.99. The van der Waals surface area contributed by atoms with Crippen LogP contribution in [0.4, 0.5) is 30.7 Å². The summed E-state index contributed by atoms with van der Waals surface area (Å²) in [5.41, 5.74) is 0.885. The normalized spacial score (nSPS) is 11.4. The second-order valence-electron chi connectivity index (χ2n) is 2.99. The fourth-order valence-corrected chi connectivity index (χ4v) is 0.933. The van der Waals surface area contributed by atoms with Gasteiger partial charge in [-0.15, -0.1) is 0 Å². The Morgan fingerprint density at radius 3 is 1.68 bits per heavy atom. The van der Waals surface area contributed by atoms with E-state index in [9.17, 15) is 35.5 Å². The molecule has 0 heterocycles. The van der Waals surface area contributed by atoms with Crippen LogP contribution in [0.25, 0.3) is 0 Å². The molecule has 3 N–H and O–H groups in total. The van der Waals surface area contributed by atoms with Crippen LogP contribution in [-0.4, -0.2) is 12.0 Å². The molecule has 4 nitrogen and oxygen atoms in total. The number of amides is 1. The van der Waals surface area contributed by atoms with Gasteiger partial charge in [-0.1, -0.05) is 0 Å². The highest BCUT2D eigenvalue weighted by Gasteiger charge is 2.44. The monoisotopic (exact) mass is 292 g/mol. The van der Waals surface area contributed by atoms with Crippen molar-refractivity contribution in [3.63, 3.8) is 0 Å². The minimum absolute atomic E-state index is 0.885. The maximum absolute atomic E-state index is 13.0. The van der Waals surface area contributed by atoms with Crippen LogP contribution in [-0.2, 0) is 4.79 Å². The van der Waals surface area contributed by atoms with Gasteiger partial charge in [-0.2, -0.15) is 17.6 Å². The molecule has 106 valence electrons. The molecule has 0 unspecified atom stereocenters. The maximum Gasteiger partial charge on any atom is 0.483 e. The summed E-state index contributed by atoms with van der Waals surface area (Å²) in [5, 5.41) is 0. The molecular weight excluding hydrogens is 289 g/mol. The van der Waals surface area contributed by atoms with Crippen molar-refractivity contribution in [2.45, 2.75) is 6.11 Å². The first-order chi connectivity index (χ1) is 8.63. The summed E-state index contributed by atoms with van der Waals surface area (Å²) in [6, 6.07) is 0. The fourth-order valence-electron chi connectivity index (χ4n) is 0.933. The van der Waals surface area contributed by atoms with Gasteiger partial charge in [0, 0.05) is 0 Å². The maximum atomic E-state index is 13.0. The van der Waals surface area contributed by atoms with Gasteiger partial charge in [0.15, 0.2) is 0 Å². The number of halogens is 7. The van der Waals surface area contributed by atoms with Crippen LogP contribution in [0.3, 0.4) is 0 Å². The number of nitrogens with two attached hydrogens (primary N) is 1. The van der Waals surface area contributed by atoms with Crippen LogP contribution in [0.1, 0.15) is 0 Å². The van der Waals surface area contributed by atoms with E-state index in [0.29, 0.717) is 0 Å². The summed E-state index contributed by atoms with van der Waals surface area (Å²) in [5.74, 6) is -13.2. The number of hydrazine groups is 1. The Morgan fingerprint density at radius 2 is 1.32 bits per heavy atom. The van der Waals surface area contributed by atoms with E-state index in [4.69, 9.17) is 0 Å². The SMILES string of the molecule is NNC(=O)C(F)(F)Oc1c(F)c(F)c(F)c(F)c1F. The molecule has 0 spiro atoms. The molecule has 0 aromatic heterocycles. The van der Waals surface area contributed by atoms with Crippen molar-refractivity contribution in [1.82, 2.24) is 5.43 Å². The lowest BCUT2D eigenvalue weighted by atomic mass is 10.2. The minimum atomic E-state index is -4.94. The van der Waals surface area contributed by atoms with Crippen LogP contribution in [0, 0.1) is 29.1 Å². The predicted molar refractivity (Wildman–Crippen MR) is 44.1 cm³/mol. The van der Waals surface area contributed by atoms with Gasteiger partial charge in [-0.25, -0.2) is 19.0 Å². The van der Waals surface area contributed by atoms with Crippen LogP contribution in [0.5, 0.6) is 5.75 Å². The van der Waals surface area contributed by atoms with E-state index in [1.165, 1.54) is 0 Å². The number of rotatable bonds is 3. The Hall–Kier alpha value is -2.04. The molecule has 0 aliphatic carbocycles. The van der Waals surface area contributed by atoms with Gasteiger partial charge in [0.25, 0.3) is 0 Å². The minimum Gasteiger partial charge on any atom is -0.419 e. The van der Waals surface area contributed by atoms with Gasteiger partial charge in [0.2, 0.25) is 34.8 Å². The first-order valence-corrected chi connectivity index (χ1v) is 4.22. The molecule has 0 bridgehead atoms.